The topological polar surface area (TPSA) is 93.0 Å². The van der Waals surface area contributed by atoms with E-state index in [9.17, 15) is 10.1 Å². The highest BCUT2D eigenvalue weighted by Crippen LogP contribution is 2.31. The van der Waals surface area contributed by atoms with Gasteiger partial charge in [-0.05, 0) is 19.8 Å². The van der Waals surface area contributed by atoms with Crippen molar-refractivity contribution >= 4 is 17.3 Å². The Morgan fingerprint density at radius 3 is 2.63 bits per heavy atom. The van der Waals surface area contributed by atoms with Crippen LogP contribution in [0.5, 0.6) is 0 Å². The minimum Gasteiger partial charge on any atom is -0.364 e. The van der Waals surface area contributed by atoms with E-state index in [1.807, 2.05) is 6.92 Å². The third kappa shape index (κ3) is 3.30. The van der Waals surface area contributed by atoms with Crippen LogP contribution in [0, 0.1) is 10.1 Å². The van der Waals surface area contributed by atoms with E-state index in [4.69, 9.17) is 0 Å². The fourth-order valence-electron chi connectivity index (χ4n) is 2.39. The first kappa shape index (κ1) is 13.5. The molecular formula is C12H19N5O2. The predicted octanol–water partition coefficient (Wildman–Crippen LogP) is 2.56. The largest absolute Gasteiger partial charge is 0.364 e. The van der Waals surface area contributed by atoms with Gasteiger partial charge in [0.25, 0.3) is 0 Å². The second kappa shape index (κ2) is 6.31. The second-order valence-corrected chi connectivity index (χ2v) is 4.69. The lowest BCUT2D eigenvalue weighted by molar-refractivity contribution is -0.383. The summed E-state index contributed by atoms with van der Waals surface area (Å²) in [6, 6.07) is 0.275. The van der Waals surface area contributed by atoms with Crippen LogP contribution in [0.1, 0.15) is 39.0 Å². The van der Waals surface area contributed by atoms with Crippen LogP contribution in [0.3, 0.4) is 0 Å². The van der Waals surface area contributed by atoms with Gasteiger partial charge in [-0.25, -0.2) is 9.97 Å². The third-order valence-electron chi connectivity index (χ3n) is 3.30. The van der Waals surface area contributed by atoms with Crippen molar-refractivity contribution in [2.75, 3.05) is 17.2 Å². The Morgan fingerprint density at radius 2 is 2.00 bits per heavy atom. The summed E-state index contributed by atoms with van der Waals surface area (Å²) in [4.78, 5) is 18.7. The first-order valence-corrected chi connectivity index (χ1v) is 6.72. The third-order valence-corrected chi connectivity index (χ3v) is 3.30. The van der Waals surface area contributed by atoms with Gasteiger partial charge in [0.2, 0.25) is 11.6 Å². The van der Waals surface area contributed by atoms with Gasteiger partial charge in [-0.2, -0.15) is 0 Å². The number of nitrogens with zero attached hydrogens (tertiary/aromatic N) is 3. The van der Waals surface area contributed by atoms with Crippen LogP contribution in [0.25, 0.3) is 0 Å². The van der Waals surface area contributed by atoms with Crippen LogP contribution < -0.4 is 10.6 Å². The molecule has 1 aliphatic rings. The maximum absolute atomic E-state index is 11.2. The highest BCUT2D eigenvalue weighted by Gasteiger charge is 2.25. The minimum absolute atomic E-state index is 0.0603. The highest BCUT2D eigenvalue weighted by molar-refractivity contribution is 5.69. The molecule has 0 spiro atoms. The highest BCUT2D eigenvalue weighted by atomic mass is 16.6. The smallest absolute Gasteiger partial charge is 0.353 e. The standard InChI is InChI=1S/C12H19N5O2/c1-2-13-11-10(17(18)19)12(15-8-14-11)16-9-6-4-3-5-7-9/h8-9H,2-7H2,1H3,(H2,13,14,15,16). The summed E-state index contributed by atoms with van der Waals surface area (Å²) in [5.41, 5.74) is -0.0603. The summed E-state index contributed by atoms with van der Waals surface area (Å²) >= 11 is 0. The fraction of sp³-hybridized carbons (Fsp3) is 0.667. The monoisotopic (exact) mass is 265 g/mol. The average Bonchev–Trinajstić information content (AvgIpc) is 2.40. The molecule has 7 nitrogen and oxygen atoms in total. The molecule has 0 atom stereocenters. The molecule has 0 unspecified atom stereocenters. The summed E-state index contributed by atoms with van der Waals surface area (Å²) in [6.07, 6.45) is 7.01. The normalized spacial score (nSPS) is 16.1. The van der Waals surface area contributed by atoms with Gasteiger partial charge in [-0.3, -0.25) is 10.1 Å². The van der Waals surface area contributed by atoms with Gasteiger partial charge in [0.15, 0.2) is 0 Å². The van der Waals surface area contributed by atoms with Gasteiger partial charge < -0.3 is 10.6 Å². The van der Waals surface area contributed by atoms with Crippen LogP contribution in [-0.2, 0) is 0 Å². The van der Waals surface area contributed by atoms with E-state index in [2.05, 4.69) is 20.6 Å². The summed E-state index contributed by atoms with van der Waals surface area (Å²) in [5.74, 6) is 0.601. The van der Waals surface area contributed by atoms with Gasteiger partial charge in [-0.15, -0.1) is 0 Å². The van der Waals surface area contributed by atoms with Crippen molar-refractivity contribution in [2.45, 2.75) is 45.1 Å². The van der Waals surface area contributed by atoms with Gasteiger partial charge >= 0.3 is 5.69 Å². The molecule has 0 saturated heterocycles. The minimum atomic E-state index is -0.427. The average molecular weight is 265 g/mol. The summed E-state index contributed by atoms with van der Waals surface area (Å²) in [6.45, 7) is 2.46. The first-order chi connectivity index (χ1) is 9.22. The lowest BCUT2D eigenvalue weighted by Crippen LogP contribution is -2.23. The molecule has 1 fully saturated rings. The van der Waals surface area contributed by atoms with Crippen LogP contribution in [-0.4, -0.2) is 27.5 Å². The number of nitrogens with one attached hydrogen (secondary N) is 2. The second-order valence-electron chi connectivity index (χ2n) is 4.69. The van der Waals surface area contributed by atoms with E-state index >= 15 is 0 Å². The van der Waals surface area contributed by atoms with Crippen molar-refractivity contribution in [2.24, 2.45) is 0 Å². The number of anilines is 2. The molecule has 1 aromatic rings. The van der Waals surface area contributed by atoms with Crippen LogP contribution >= 0.6 is 0 Å². The summed E-state index contributed by atoms with van der Waals surface area (Å²) in [7, 11) is 0. The maximum Gasteiger partial charge on any atom is 0.353 e. The van der Waals surface area contributed by atoms with E-state index in [-0.39, 0.29) is 17.5 Å². The van der Waals surface area contributed by atoms with Gasteiger partial charge in [0.1, 0.15) is 6.33 Å². The zero-order valence-corrected chi connectivity index (χ0v) is 11.1. The number of hydrogen-bond acceptors (Lipinski definition) is 6. The summed E-state index contributed by atoms with van der Waals surface area (Å²) < 4.78 is 0. The number of hydrogen-bond donors (Lipinski definition) is 2. The van der Waals surface area contributed by atoms with Crippen LogP contribution in [0.2, 0.25) is 0 Å². The van der Waals surface area contributed by atoms with E-state index in [0.29, 0.717) is 12.4 Å². The number of nitro groups is 1. The lowest BCUT2D eigenvalue weighted by Gasteiger charge is -2.23. The van der Waals surface area contributed by atoms with Crippen molar-refractivity contribution in [3.8, 4) is 0 Å². The van der Waals surface area contributed by atoms with E-state index < -0.39 is 4.92 Å². The molecule has 0 bridgehead atoms. The van der Waals surface area contributed by atoms with Gasteiger partial charge in [0, 0.05) is 12.6 Å². The Balaban J connectivity index is 2.22. The SMILES string of the molecule is CCNc1ncnc(NC2CCCCC2)c1[N+](=O)[O-]. The molecule has 1 saturated carbocycles. The molecule has 19 heavy (non-hydrogen) atoms. The van der Waals surface area contributed by atoms with Crippen molar-refractivity contribution in [1.82, 2.24) is 9.97 Å². The van der Waals surface area contributed by atoms with E-state index in [1.165, 1.54) is 12.7 Å². The predicted molar refractivity (Wildman–Crippen MR) is 73.3 cm³/mol. The lowest BCUT2D eigenvalue weighted by atomic mass is 9.95. The maximum atomic E-state index is 11.2. The summed E-state index contributed by atoms with van der Waals surface area (Å²) in [5, 5.41) is 17.3. The molecule has 1 aromatic heterocycles. The molecule has 104 valence electrons. The van der Waals surface area contributed by atoms with Crippen molar-refractivity contribution in [3.63, 3.8) is 0 Å². The zero-order valence-electron chi connectivity index (χ0n) is 11.1. The van der Waals surface area contributed by atoms with Crippen molar-refractivity contribution in [1.29, 1.82) is 0 Å². The quantitative estimate of drug-likeness (QED) is 0.627. The van der Waals surface area contributed by atoms with Gasteiger partial charge in [0.05, 0.1) is 4.92 Å². The first-order valence-electron chi connectivity index (χ1n) is 6.72. The van der Waals surface area contributed by atoms with Crippen molar-refractivity contribution < 1.29 is 4.92 Å². The van der Waals surface area contributed by atoms with Crippen LogP contribution in [0.4, 0.5) is 17.3 Å². The molecule has 0 aliphatic heterocycles. The molecule has 1 aliphatic carbocycles. The number of aromatic nitrogens is 2. The number of rotatable bonds is 5. The molecule has 2 N–H and O–H groups in total. The molecule has 0 aromatic carbocycles. The Kier molecular flexibility index (Phi) is 4.48. The Morgan fingerprint density at radius 1 is 1.32 bits per heavy atom. The molecular weight excluding hydrogens is 246 g/mol. The zero-order chi connectivity index (χ0) is 13.7. The van der Waals surface area contributed by atoms with E-state index in [1.54, 1.807) is 0 Å². The Hall–Kier alpha value is -1.92. The molecule has 1 heterocycles. The van der Waals surface area contributed by atoms with Crippen molar-refractivity contribution in [3.05, 3.63) is 16.4 Å². The molecule has 0 amide bonds. The van der Waals surface area contributed by atoms with Gasteiger partial charge in [-0.1, -0.05) is 19.3 Å². The molecule has 2 rings (SSSR count). The Labute approximate surface area is 112 Å². The Bertz CT molecular complexity index is 446. The molecule has 0 radical (unpaired) electrons. The van der Waals surface area contributed by atoms with Crippen LogP contribution in [0.15, 0.2) is 6.33 Å². The molecule has 7 heteroatoms. The fourth-order valence-corrected chi connectivity index (χ4v) is 2.39. The van der Waals surface area contributed by atoms with E-state index in [0.717, 1.165) is 25.7 Å².